The van der Waals surface area contributed by atoms with E-state index < -0.39 is 40.6 Å². The van der Waals surface area contributed by atoms with Gasteiger partial charge in [0.05, 0.1) is 16.9 Å². The third-order valence-corrected chi connectivity index (χ3v) is 8.37. The molecule has 44 heavy (non-hydrogen) atoms. The van der Waals surface area contributed by atoms with E-state index in [0.717, 1.165) is 12.1 Å². The molecule has 0 radical (unpaired) electrons. The van der Waals surface area contributed by atoms with Crippen molar-refractivity contribution >= 4 is 17.4 Å². The summed E-state index contributed by atoms with van der Waals surface area (Å²) < 4.78 is 83.4. The van der Waals surface area contributed by atoms with E-state index in [0.29, 0.717) is 35.6 Å². The number of rotatable bonds is 4. The Bertz CT molecular complexity index is 1740. The van der Waals surface area contributed by atoms with E-state index in [2.05, 4.69) is 10.1 Å². The first-order valence-electron chi connectivity index (χ1n) is 13.8. The number of halogens is 6. The first-order chi connectivity index (χ1) is 20.9. The lowest BCUT2D eigenvalue weighted by Crippen LogP contribution is -2.57. The Labute approximate surface area is 247 Å². The van der Waals surface area contributed by atoms with Crippen LogP contribution in [0.3, 0.4) is 0 Å². The van der Waals surface area contributed by atoms with Crippen molar-refractivity contribution in [2.24, 2.45) is 0 Å². The Morgan fingerprint density at radius 1 is 0.932 bits per heavy atom. The van der Waals surface area contributed by atoms with Crippen LogP contribution in [0.2, 0.25) is 0 Å². The van der Waals surface area contributed by atoms with Crippen LogP contribution in [0.4, 0.5) is 32.0 Å². The van der Waals surface area contributed by atoms with Gasteiger partial charge in [-0.25, -0.2) is 17.9 Å². The molecule has 0 saturated carbocycles. The van der Waals surface area contributed by atoms with Crippen LogP contribution < -0.4 is 4.90 Å². The predicted molar refractivity (Wildman–Crippen MR) is 148 cm³/mol. The lowest BCUT2D eigenvalue weighted by molar-refractivity contribution is -0.140. The Morgan fingerprint density at radius 3 is 2.30 bits per heavy atom. The number of ketones is 1. The van der Waals surface area contributed by atoms with E-state index in [1.165, 1.54) is 41.0 Å². The summed E-state index contributed by atoms with van der Waals surface area (Å²) in [5, 5.41) is 4.35. The summed E-state index contributed by atoms with van der Waals surface area (Å²) in [6.07, 6.45) is -1.16. The fourth-order valence-corrected chi connectivity index (χ4v) is 6.11. The van der Waals surface area contributed by atoms with Gasteiger partial charge in [0.1, 0.15) is 11.4 Å². The van der Waals surface area contributed by atoms with Crippen LogP contribution in [0.15, 0.2) is 60.9 Å². The number of Topliss-reactive ketones (excluding diaryl/α,β-unsaturated/α-hetero) is 1. The standard InChI is InChI=1S/C31H25F6N5O2/c1-18-13-21(15-24(33)28(18)34)41-10-6-27(43)30(41)7-11-40(12-8-30)29(44)25-16-26(19-3-2-9-38-17-19)42(39-25)20-4-5-22(23(32)14-20)31(35,36)37/h2-5,9,13-17H,6-8,10-12H2,1H3. The maximum atomic E-state index is 14.5. The molecule has 2 aromatic carbocycles. The molecule has 13 heteroatoms. The molecule has 4 heterocycles. The highest BCUT2D eigenvalue weighted by molar-refractivity contribution is 5.97. The minimum absolute atomic E-state index is 0.0278. The summed E-state index contributed by atoms with van der Waals surface area (Å²) >= 11 is 0. The van der Waals surface area contributed by atoms with Gasteiger partial charge >= 0.3 is 6.18 Å². The molecule has 0 atom stereocenters. The average Bonchev–Trinajstić information content (AvgIpc) is 3.57. The first-order valence-corrected chi connectivity index (χ1v) is 13.8. The van der Waals surface area contributed by atoms with Crippen molar-refractivity contribution in [1.29, 1.82) is 0 Å². The smallest absolute Gasteiger partial charge is 0.358 e. The van der Waals surface area contributed by atoms with Gasteiger partial charge in [0.2, 0.25) is 0 Å². The van der Waals surface area contributed by atoms with Crippen LogP contribution in [0, 0.1) is 24.4 Å². The number of pyridine rings is 1. The Kier molecular flexibility index (Phi) is 7.21. The van der Waals surface area contributed by atoms with E-state index in [9.17, 15) is 35.9 Å². The maximum absolute atomic E-state index is 14.5. The molecule has 2 saturated heterocycles. The summed E-state index contributed by atoms with van der Waals surface area (Å²) in [6.45, 7) is 2.10. The van der Waals surface area contributed by atoms with Gasteiger partial charge in [0.25, 0.3) is 5.91 Å². The number of likely N-dealkylation sites (tertiary alicyclic amines) is 1. The largest absolute Gasteiger partial charge is 0.419 e. The molecule has 2 aliphatic heterocycles. The van der Waals surface area contributed by atoms with Gasteiger partial charge in [-0.15, -0.1) is 0 Å². The Hall–Kier alpha value is -4.68. The number of benzene rings is 2. The van der Waals surface area contributed by atoms with E-state index in [1.54, 1.807) is 17.0 Å². The number of alkyl halides is 3. The molecule has 2 aromatic heterocycles. The zero-order chi connectivity index (χ0) is 31.4. The van der Waals surface area contributed by atoms with Crippen molar-refractivity contribution < 1.29 is 35.9 Å². The zero-order valence-electron chi connectivity index (χ0n) is 23.3. The summed E-state index contributed by atoms with van der Waals surface area (Å²) in [6, 6.07) is 9.72. The molecule has 1 spiro atoms. The van der Waals surface area contributed by atoms with Crippen molar-refractivity contribution in [1.82, 2.24) is 19.7 Å². The second kappa shape index (κ2) is 10.8. The highest BCUT2D eigenvalue weighted by Crippen LogP contribution is 2.41. The molecular weight excluding hydrogens is 588 g/mol. The molecule has 0 bridgehead atoms. The molecule has 2 aliphatic rings. The second-order valence-electron chi connectivity index (χ2n) is 10.9. The Balaban J connectivity index is 1.29. The van der Waals surface area contributed by atoms with Gasteiger partial charge in [0, 0.05) is 61.8 Å². The van der Waals surface area contributed by atoms with Gasteiger partial charge in [-0.1, -0.05) is 0 Å². The SMILES string of the molecule is Cc1cc(N2CCC(=O)C23CCN(C(=O)c2cc(-c4cccnc4)n(-c4ccc(C(F)(F)F)c(F)c4)n2)CC3)cc(F)c1F. The number of hydrogen-bond donors (Lipinski definition) is 0. The first kappa shape index (κ1) is 29.4. The number of hydrogen-bond acceptors (Lipinski definition) is 5. The quantitative estimate of drug-likeness (QED) is 0.259. The summed E-state index contributed by atoms with van der Waals surface area (Å²) in [5.74, 6) is -3.97. The molecular formula is C31H25F6N5O2. The highest BCUT2D eigenvalue weighted by atomic mass is 19.4. The normalized spacial score (nSPS) is 16.7. The molecule has 0 aliphatic carbocycles. The number of carbonyl (C=O) groups excluding carboxylic acids is 2. The van der Waals surface area contributed by atoms with Crippen molar-refractivity contribution in [2.75, 3.05) is 24.5 Å². The van der Waals surface area contributed by atoms with Crippen LogP contribution in [0.1, 0.15) is 40.9 Å². The van der Waals surface area contributed by atoms with Crippen molar-refractivity contribution in [3.63, 3.8) is 0 Å². The molecule has 0 N–H and O–H groups in total. The number of carbonyl (C=O) groups is 2. The number of amides is 1. The van der Waals surface area contributed by atoms with E-state index in [4.69, 9.17) is 0 Å². The van der Waals surface area contributed by atoms with Crippen LogP contribution in [0.25, 0.3) is 16.9 Å². The number of aryl methyl sites for hydroxylation is 1. The fourth-order valence-electron chi connectivity index (χ4n) is 6.11. The number of anilines is 1. The molecule has 1 amide bonds. The predicted octanol–water partition coefficient (Wildman–Crippen LogP) is 6.13. The van der Waals surface area contributed by atoms with Crippen molar-refractivity contribution in [3.05, 3.63) is 95.2 Å². The monoisotopic (exact) mass is 613 g/mol. The van der Waals surface area contributed by atoms with Gasteiger partial charge in [-0.05, 0) is 61.7 Å². The van der Waals surface area contributed by atoms with Gasteiger partial charge in [0.15, 0.2) is 23.1 Å². The van der Waals surface area contributed by atoms with Crippen molar-refractivity contribution in [2.45, 2.75) is 37.9 Å². The highest BCUT2D eigenvalue weighted by Gasteiger charge is 2.50. The lowest BCUT2D eigenvalue weighted by atomic mass is 9.83. The molecule has 0 unspecified atom stereocenters. The minimum Gasteiger partial charge on any atom is -0.358 e. The Morgan fingerprint density at radius 2 is 1.66 bits per heavy atom. The van der Waals surface area contributed by atoms with Crippen LogP contribution in [0.5, 0.6) is 0 Å². The minimum atomic E-state index is -4.88. The third-order valence-electron chi connectivity index (χ3n) is 8.37. The second-order valence-corrected chi connectivity index (χ2v) is 10.9. The molecule has 2 fully saturated rings. The van der Waals surface area contributed by atoms with Crippen molar-refractivity contribution in [3.8, 4) is 16.9 Å². The fraction of sp³-hybridized carbons (Fsp3) is 0.290. The number of piperidine rings is 1. The van der Waals surface area contributed by atoms with E-state index in [1.807, 2.05) is 0 Å². The van der Waals surface area contributed by atoms with Crippen LogP contribution in [-0.4, -0.2) is 56.5 Å². The number of aromatic nitrogens is 3. The van der Waals surface area contributed by atoms with Crippen LogP contribution in [-0.2, 0) is 11.0 Å². The lowest BCUT2D eigenvalue weighted by Gasteiger charge is -2.44. The van der Waals surface area contributed by atoms with E-state index >= 15 is 0 Å². The van der Waals surface area contributed by atoms with Gasteiger partial charge in [-0.2, -0.15) is 18.3 Å². The van der Waals surface area contributed by atoms with Gasteiger partial charge in [-0.3, -0.25) is 14.6 Å². The topological polar surface area (TPSA) is 71.3 Å². The third kappa shape index (κ3) is 4.99. The average molecular weight is 614 g/mol. The summed E-state index contributed by atoms with van der Waals surface area (Å²) in [5.41, 5.74) is -1.16. The van der Waals surface area contributed by atoms with Crippen LogP contribution >= 0.6 is 0 Å². The summed E-state index contributed by atoms with van der Waals surface area (Å²) in [7, 11) is 0. The van der Waals surface area contributed by atoms with E-state index in [-0.39, 0.29) is 55.1 Å². The molecule has 228 valence electrons. The van der Waals surface area contributed by atoms with Gasteiger partial charge < -0.3 is 9.80 Å². The molecule has 4 aromatic rings. The molecule has 7 nitrogen and oxygen atoms in total. The number of nitrogens with zero attached hydrogens (tertiary/aromatic N) is 5. The molecule has 6 rings (SSSR count). The zero-order valence-corrected chi connectivity index (χ0v) is 23.3. The summed E-state index contributed by atoms with van der Waals surface area (Å²) in [4.78, 5) is 34.2. The maximum Gasteiger partial charge on any atom is 0.419 e.